The van der Waals surface area contributed by atoms with E-state index in [9.17, 15) is 19.7 Å². The van der Waals surface area contributed by atoms with Crippen LogP contribution in [0.2, 0.25) is 0 Å². The van der Waals surface area contributed by atoms with Gasteiger partial charge < -0.3 is 9.88 Å². The number of hydrogen-bond donors (Lipinski definition) is 1. The minimum Gasteiger partial charge on any atom is -0.332 e. The first-order valence-corrected chi connectivity index (χ1v) is 10.8. The molecule has 1 aromatic carbocycles. The van der Waals surface area contributed by atoms with E-state index < -0.39 is 20.8 Å². The Labute approximate surface area is 192 Å². The molecule has 3 heterocycles. The number of aromatic nitrogens is 1. The second-order valence-corrected chi connectivity index (χ2v) is 10.2. The van der Waals surface area contributed by atoms with Crippen molar-refractivity contribution in [3.63, 3.8) is 0 Å². The summed E-state index contributed by atoms with van der Waals surface area (Å²) in [5, 5.41) is 13.8. The van der Waals surface area contributed by atoms with Gasteiger partial charge in [-0.3, -0.25) is 24.6 Å². The van der Waals surface area contributed by atoms with Gasteiger partial charge in [0.25, 0.3) is 17.2 Å². The van der Waals surface area contributed by atoms with E-state index in [0.29, 0.717) is 19.6 Å². The number of nitrogens with one attached hydrogen (secondary N) is 1. The van der Waals surface area contributed by atoms with Gasteiger partial charge in [-0.25, -0.2) is 0 Å². The van der Waals surface area contributed by atoms with E-state index in [1.54, 1.807) is 16.7 Å². The number of nitro benzene ring substituents is 1. The Morgan fingerprint density at radius 1 is 1.16 bits per heavy atom. The summed E-state index contributed by atoms with van der Waals surface area (Å²) in [4.78, 5) is 37.4. The van der Waals surface area contributed by atoms with E-state index in [1.165, 1.54) is 24.3 Å². The van der Waals surface area contributed by atoms with Crippen LogP contribution in [0.4, 0.5) is 5.69 Å². The Morgan fingerprint density at radius 2 is 1.90 bits per heavy atom. The zero-order valence-electron chi connectivity index (χ0n) is 16.2. The van der Waals surface area contributed by atoms with Gasteiger partial charge >= 0.3 is 0 Å². The summed E-state index contributed by atoms with van der Waals surface area (Å²) >= 11 is 18.7. The molecule has 0 radical (unpaired) electrons. The first-order valence-electron chi connectivity index (χ1n) is 9.69. The maximum atomic E-state index is 12.8. The van der Waals surface area contributed by atoms with Gasteiger partial charge in [-0.2, -0.15) is 0 Å². The number of carbonyl (C=O) groups excluding carboxylic acids is 1. The van der Waals surface area contributed by atoms with Crippen LogP contribution in [0.5, 0.6) is 0 Å². The van der Waals surface area contributed by atoms with Crippen LogP contribution in [0, 0.1) is 16.0 Å². The van der Waals surface area contributed by atoms with Crippen LogP contribution in [0.25, 0.3) is 0 Å². The van der Waals surface area contributed by atoms with Crippen molar-refractivity contribution in [1.82, 2.24) is 14.8 Å². The lowest BCUT2D eigenvalue weighted by atomic mass is 9.83. The fourth-order valence-electron chi connectivity index (χ4n) is 4.49. The van der Waals surface area contributed by atoms with Crippen LogP contribution in [0.15, 0.2) is 47.3 Å². The van der Waals surface area contributed by atoms with Crippen LogP contribution in [-0.2, 0) is 6.54 Å². The van der Waals surface area contributed by atoms with Crippen LogP contribution in [0.1, 0.15) is 28.4 Å². The van der Waals surface area contributed by atoms with Crippen LogP contribution >= 0.6 is 34.8 Å². The van der Waals surface area contributed by atoms with Crippen molar-refractivity contribution in [3.8, 4) is 0 Å². The second kappa shape index (κ2) is 8.43. The molecule has 2 aromatic rings. The van der Waals surface area contributed by atoms with Crippen molar-refractivity contribution in [3.05, 3.63) is 74.2 Å². The lowest BCUT2D eigenvalue weighted by Crippen LogP contribution is -2.60. The molecule has 31 heavy (non-hydrogen) atoms. The molecule has 0 aliphatic carbocycles. The van der Waals surface area contributed by atoms with E-state index in [-0.39, 0.29) is 28.6 Å². The van der Waals surface area contributed by atoms with Gasteiger partial charge in [0.2, 0.25) is 3.79 Å². The summed E-state index contributed by atoms with van der Waals surface area (Å²) in [6, 6.07) is 10.6. The van der Waals surface area contributed by atoms with E-state index >= 15 is 0 Å². The van der Waals surface area contributed by atoms with E-state index in [0.717, 1.165) is 12.1 Å². The van der Waals surface area contributed by atoms with Gasteiger partial charge in [-0.1, -0.05) is 46.9 Å². The van der Waals surface area contributed by atoms with Gasteiger partial charge in [0.05, 0.1) is 4.92 Å². The lowest BCUT2D eigenvalue weighted by Gasteiger charge is -2.47. The Bertz CT molecular complexity index is 1080. The molecule has 0 unspecified atom stereocenters. The van der Waals surface area contributed by atoms with Crippen LogP contribution in [0.3, 0.4) is 0 Å². The molecule has 1 fully saturated rings. The number of non-ortho nitro benzene ring substituents is 1. The Hall–Kier alpha value is -2.13. The summed E-state index contributed by atoms with van der Waals surface area (Å²) < 4.78 is -0.0411. The molecule has 1 saturated heterocycles. The van der Waals surface area contributed by atoms with Gasteiger partial charge in [0.1, 0.15) is 6.17 Å². The van der Waals surface area contributed by atoms with E-state index in [1.807, 2.05) is 11.0 Å². The number of alkyl halides is 3. The second-order valence-electron chi connectivity index (χ2n) is 7.88. The number of likely N-dealkylation sites (tertiary alicyclic amines) is 1. The van der Waals surface area contributed by atoms with Crippen molar-refractivity contribution >= 4 is 46.4 Å². The molecule has 2 aliphatic rings. The normalized spacial score (nSPS) is 21.8. The molecule has 1 amide bonds. The van der Waals surface area contributed by atoms with Gasteiger partial charge in [-0.15, -0.1) is 0 Å². The van der Waals surface area contributed by atoms with Gasteiger partial charge in [-0.05, 0) is 24.5 Å². The lowest BCUT2D eigenvalue weighted by molar-refractivity contribution is -0.384. The Balaban J connectivity index is 1.58. The quantitative estimate of drug-likeness (QED) is 0.407. The standard InChI is InChI=1S/C20H19Cl3N4O4/c21-20(22,23)19(24-18(29)13-3-1-4-15(8-13)27(30)31)25-9-12-7-14(11-25)16-5-2-6-17(28)26(16)10-12/h1-6,8,12,14,19H,7,9-11H2,(H,24,29)/t12-,14+,19+/m1/s1. The monoisotopic (exact) mass is 484 g/mol. The third-order valence-electron chi connectivity index (χ3n) is 5.77. The Kier molecular flexibility index (Phi) is 6.00. The topological polar surface area (TPSA) is 97.5 Å². The molecule has 1 N–H and O–H groups in total. The third-order valence-corrected chi connectivity index (χ3v) is 6.39. The minimum absolute atomic E-state index is 0.0300. The molecule has 2 bridgehead atoms. The highest BCUT2D eigenvalue weighted by molar-refractivity contribution is 6.68. The molecule has 4 rings (SSSR count). The van der Waals surface area contributed by atoms with Gasteiger partial charge in [0.15, 0.2) is 0 Å². The number of pyridine rings is 1. The number of fused-ring (bicyclic) bond motifs is 4. The predicted molar refractivity (Wildman–Crippen MR) is 118 cm³/mol. The number of amides is 1. The maximum Gasteiger partial charge on any atom is 0.270 e. The zero-order chi connectivity index (χ0) is 22.3. The molecule has 164 valence electrons. The maximum absolute atomic E-state index is 12.8. The fourth-order valence-corrected chi connectivity index (χ4v) is 5.07. The zero-order valence-corrected chi connectivity index (χ0v) is 18.5. The number of benzene rings is 1. The highest BCUT2D eigenvalue weighted by Gasteiger charge is 2.44. The molecule has 8 nitrogen and oxygen atoms in total. The van der Waals surface area contributed by atoms with Crippen molar-refractivity contribution in [2.24, 2.45) is 5.92 Å². The average Bonchev–Trinajstić information content (AvgIpc) is 2.71. The number of nitrogens with zero attached hydrogens (tertiary/aromatic N) is 3. The number of halogens is 3. The molecule has 3 atom stereocenters. The third kappa shape index (κ3) is 4.57. The number of rotatable bonds is 4. The summed E-state index contributed by atoms with van der Waals surface area (Å²) in [6.07, 6.45) is -0.0396. The number of carbonyl (C=O) groups is 1. The van der Waals surface area contributed by atoms with E-state index in [2.05, 4.69) is 5.32 Å². The number of piperidine rings is 1. The molecular weight excluding hydrogens is 467 g/mol. The number of nitro groups is 1. The largest absolute Gasteiger partial charge is 0.332 e. The fraction of sp³-hybridized carbons (Fsp3) is 0.400. The van der Waals surface area contributed by atoms with Crippen LogP contribution in [-0.4, -0.2) is 43.3 Å². The van der Waals surface area contributed by atoms with Crippen molar-refractivity contribution in [2.75, 3.05) is 13.1 Å². The molecule has 11 heteroatoms. The highest BCUT2D eigenvalue weighted by Crippen LogP contribution is 2.40. The highest BCUT2D eigenvalue weighted by atomic mass is 35.6. The summed E-state index contributed by atoms with van der Waals surface area (Å²) in [5.41, 5.74) is 0.800. The molecule has 2 aliphatic heterocycles. The summed E-state index contributed by atoms with van der Waals surface area (Å²) in [5.74, 6) is -0.353. The average molecular weight is 486 g/mol. The van der Waals surface area contributed by atoms with Crippen molar-refractivity contribution in [2.45, 2.75) is 28.8 Å². The molecule has 0 spiro atoms. The first kappa shape index (κ1) is 22.1. The van der Waals surface area contributed by atoms with Crippen molar-refractivity contribution in [1.29, 1.82) is 0 Å². The smallest absolute Gasteiger partial charge is 0.270 e. The minimum atomic E-state index is -1.83. The first-order chi connectivity index (χ1) is 14.6. The SMILES string of the molecule is O=C(N[C@@H](N1C[C@H]2C[C@@H](C1)c1cccc(=O)n1C2)C(Cl)(Cl)Cl)c1cccc([N+](=O)[O-])c1. The molecule has 1 aromatic heterocycles. The van der Waals surface area contributed by atoms with E-state index in [4.69, 9.17) is 34.8 Å². The summed E-state index contributed by atoms with van der Waals surface area (Å²) in [7, 11) is 0. The molecular formula is C20H19Cl3N4O4. The van der Waals surface area contributed by atoms with Gasteiger partial charge in [0, 0.05) is 55.0 Å². The van der Waals surface area contributed by atoms with Crippen LogP contribution < -0.4 is 10.9 Å². The predicted octanol–water partition coefficient (Wildman–Crippen LogP) is 3.30. The number of hydrogen-bond acceptors (Lipinski definition) is 5. The summed E-state index contributed by atoms with van der Waals surface area (Å²) in [6.45, 7) is 1.59. The Morgan fingerprint density at radius 3 is 2.61 bits per heavy atom. The van der Waals surface area contributed by atoms with Crippen molar-refractivity contribution < 1.29 is 9.72 Å². The molecule has 0 saturated carbocycles.